The van der Waals surface area contributed by atoms with Gasteiger partial charge in [0.2, 0.25) is 0 Å². The lowest BCUT2D eigenvalue weighted by Gasteiger charge is -2.54. The van der Waals surface area contributed by atoms with Crippen molar-refractivity contribution >= 4 is 5.82 Å². The Morgan fingerprint density at radius 3 is 2.57 bits per heavy atom. The molecule has 30 heavy (non-hydrogen) atoms. The Morgan fingerprint density at radius 2 is 1.90 bits per heavy atom. The highest BCUT2D eigenvalue weighted by molar-refractivity contribution is 5.74. The van der Waals surface area contributed by atoms with Crippen LogP contribution >= 0.6 is 0 Å². The van der Waals surface area contributed by atoms with Gasteiger partial charge in [-0.3, -0.25) is 5.10 Å². The van der Waals surface area contributed by atoms with E-state index in [-0.39, 0.29) is 0 Å². The van der Waals surface area contributed by atoms with E-state index >= 15 is 0 Å². The molecule has 3 fully saturated rings. The summed E-state index contributed by atoms with van der Waals surface area (Å²) in [4.78, 5) is 4.62. The molecule has 2 bridgehead atoms. The third-order valence-electron chi connectivity index (χ3n) is 7.66. The van der Waals surface area contributed by atoms with Gasteiger partial charge in [0.1, 0.15) is 11.6 Å². The summed E-state index contributed by atoms with van der Waals surface area (Å²) in [6.07, 6.45) is 13.3. The van der Waals surface area contributed by atoms with Gasteiger partial charge in [0.05, 0.1) is 13.3 Å². The molecule has 3 aliphatic rings. The number of rotatable bonds is 6. The van der Waals surface area contributed by atoms with Gasteiger partial charge in [-0.25, -0.2) is 4.98 Å². The molecule has 0 unspecified atom stereocenters. The number of ether oxygens (including phenoxy) is 1. The molecule has 3 aliphatic carbocycles. The van der Waals surface area contributed by atoms with E-state index in [1.165, 1.54) is 49.7 Å². The van der Waals surface area contributed by atoms with Crippen LogP contribution in [0.2, 0.25) is 0 Å². The van der Waals surface area contributed by atoms with Gasteiger partial charge in [-0.1, -0.05) is 12.1 Å². The highest BCUT2D eigenvalue weighted by Crippen LogP contribution is 2.58. The van der Waals surface area contributed by atoms with Crippen LogP contribution in [0, 0.1) is 12.3 Å². The van der Waals surface area contributed by atoms with E-state index in [1.807, 2.05) is 24.7 Å². The van der Waals surface area contributed by atoms with Crippen LogP contribution in [0.15, 0.2) is 48.9 Å². The summed E-state index contributed by atoms with van der Waals surface area (Å²) in [7, 11) is 1.75. The Balaban J connectivity index is 1.30. The van der Waals surface area contributed by atoms with E-state index in [0.717, 1.165) is 29.2 Å². The molecule has 0 radical (unpaired) electrons. The number of aromatic amines is 1. The summed E-state index contributed by atoms with van der Waals surface area (Å²) >= 11 is 0. The Kier molecular flexibility index (Phi) is 4.76. The number of nitrogens with zero attached hydrogens (tertiary/aromatic N) is 2. The third-order valence-corrected chi connectivity index (χ3v) is 7.66. The van der Waals surface area contributed by atoms with Crippen molar-refractivity contribution in [3.8, 4) is 16.9 Å². The molecule has 156 valence electrons. The zero-order chi connectivity index (χ0) is 20.6. The van der Waals surface area contributed by atoms with E-state index in [0.29, 0.717) is 10.8 Å². The summed E-state index contributed by atoms with van der Waals surface area (Å²) in [5, 5.41) is 10.7. The van der Waals surface area contributed by atoms with Gasteiger partial charge < -0.3 is 10.1 Å². The summed E-state index contributed by atoms with van der Waals surface area (Å²) in [6.45, 7) is 3.15. The van der Waals surface area contributed by atoms with Gasteiger partial charge in [0, 0.05) is 30.1 Å². The van der Waals surface area contributed by atoms with Gasteiger partial charge in [0.15, 0.2) is 0 Å². The van der Waals surface area contributed by atoms with Gasteiger partial charge in [-0.15, -0.1) is 0 Å². The van der Waals surface area contributed by atoms with Crippen LogP contribution in [-0.2, 0) is 5.41 Å². The maximum absolute atomic E-state index is 5.47. The predicted octanol–water partition coefficient (Wildman–Crippen LogP) is 5.49. The van der Waals surface area contributed by atoms with Crippen molar-refractivity contribution in [1.29, 1.82) is 0 Å². The lowest BCUT2D eigenvalue weighted by Crippen LogP contribution is -2.47. The number of benzene rings is 1. The molecular formula is C25H30N4O. The molecule has 2 heterocycles. The summed E-state index contributed by atoms with van der Waals surface area (Å²) < 4.78 is 5.47. The summed E-state index contributed by atoms with van der Waals surface area (Å²) in [5.74, 6) is 1.95. The van der Waals surface area contributed by atoms with Crippen LogP contribution in [0.4, 0.5) is 5.82 Å². The number of aryl methyl sites for hydroxylation is 1. The number of hydrogen-bond donors (Lipinski definition) is 2. The Morgan fingerprint density at radius 1 is 1.10 bits per heavy atom. The first-order valence-corrected chi connectivity index (χ1v) is 11.0. The molecule has 0 amide bonds. The molecule has 5 heteroatoms. The quantitative estimate of drug-likeness (QED) is 0.572. The first-order chi connectivity index (χ1) is 14.6. The average molecular weight is 403 g/mol. The van der Waals surface area contributed by atoms with Crippen LogP contribution < -0.4 is 10.1 Å². The van der Waals surface area contributed by atoms with Crippen LogP contribution in [0.25, 0.3) is 11.1 Å². The van der Waals surface area contributed by atoms with Crippen molar-refractivity contribution in [2.45, 2.75) is 50.9 Å². The van der Waals surface area contributed by atoms with Crippen molar-refractivity contribution in [2.75, 3.05) is 19.0 Å². The Bertz CT molecular complexity index is 1000. The second-order valence-corrected chi connectivity index (χ2v) is 9.20. The number of H-pyrrole nitrogens is 1. The highest BCUT2D eigenvalue weighted by Gasteiger charge is 2.49. The fourth-order valence-electron chi connectivity index (χ4n) is 5.62. The van der Waals surface area contributed by atoms with Crippen molar-refractivity contribution in [3.05, 3.63) is 60.0 Å². The van der Waals surface area contributed by atoms with E-state index < -0.39 is 0 Å². The zero-order valence-corrected chi connectivity index (χ0v) is 17.9. The van der Waals surface area contributed by atoms with Gasteiger partial charge >= 0.3 is 0 Å². The molecule has 0 saturated heterocycles. The fourth-order valence-corrected chi connectivity index (χ4v) is 5.62. The minimum absolute atomic E-state index is 0.353. The maximum Gasteiger partial charge on any atom is 0.133 e. The molecule has 0 spiro atoms. The fraction of sp³-hybridized carbons (Fsp3) is 0.440. The molecule has 0 atom stereocenters. The molecule has 3 aromatic rings. The van der Waals surface area contributed by atoms with E-state index in [9.17, 15) is 0 Å². The lowest BCUT2D eigenvalue weighted by molar-refractivity contribution is 0.0505. The third kappa shape index (κ3) is 3.26. The SMILES string of the molecule is COc1ccc(C23CCC(CNc4ncccc4-c4cn[nH]c4)(CC2)CC3)cc1C. The monoisotopic (exact) mass is 402 g/mol. The number of anilines is 1. The molecule has 5 nitrogen and oxygen atoms in total. The van der Waals surface area contributed by atoms with Gasteiger partial charge in [-0.2, -0.15) is 5.10 Å². The van der Waals surface area contributed by atoms with Gasteiger partial charge in [-0.05, 0) is 85.6 Å². The van der Waals surface area contributed by atoms with Crippen molar-refractivity contribution in [3.63, 3.8) is 0 Å². The van der Waals surface area contributed by atoms with E-state index in [2.05, 4.69) is 51.7 Å². The molecular weight excluding hydrogens is 372 g/mol. The van der Waals surface area contributed by atoms with Crippen LogP contribution in [0.5, 0.6) is 5.75 Å². The maximum atomic E-state index is 5.47. The molecule has 2 aromatic heterocycles. The second-order valence-electron chi connectivity index (χ2n) is 9.20. The van der Waals surface area contributed by atoms with Crippen molar-refractivity contribution < 1.29 is 4.74 Å². The molecule has 2 N–H and O–H groups in total. The molecule has 6 rings (SSSR count). The number of nitrogens with one attached hydrogen (secondary N) is 2. The largest absolute Gasteiger partial charge is 0.496 e. The molecule has 3 saturated carbocycles. The normalized spacial score (nSPS) is 25.3. The van der Waals surface area contributed by atoms with Crippen LogP contribution in [0.1, 0.15) is 49.7 Å². The number of pyridine rings is 1. The highest BCUT2D eigenvalue weighted by atomic mass is 16.5. The second kappa shape index (κ2) is 7.46. The summed E-state index contributed by atoms with van der Waals surface area (Å²) in [6, 6.07) is 10.9. The number of fused-ring (bicyclic) bond motifs is 3. The Hall–Kier alpha value is -2.82. The van der Waals surface area contributed by atoms with Crippen molar-refractivity contribution in [2.24, 2.45) is 5.41 Å². The standard InChI is InChI=1S/C25H30N4O/c1-18-14-20(5-6-22(18)30-2)25-10-7-24(8-11-25,9-12-25)17-27-23-21(4-3-13-26-23)19-15-28-29-16-19/h3-6,13-16H,7-12,17H2,1-2H3,(H,26,27)(H,28,29). The van der Waals surface area contributed by atoms with E-state index in [4.69, 9.17) is 4.74 Å². The topological polar surface area (TPSA) is 62.8 Å². The van der Waals surface area contributed by atoms with Crippen LogP contribution in [-0.4, -0.2) is 28.8 Å². The van der Waals surface area contributed by atoms with Crippen molar-refractivity contribution in [1.82, 2.24) is 15.2 Å². The smallest absolute Gasteiger partial charge is 0.133 e. The minimum Gasteiger partial charge on any atom is -0.496 e. The molecule has 0 aliphatic heterocycles. The van der Waals surface area contributed by atoms with E-state index in [1.54, 1.807) is 7.11 Å². The zero-order valence-electron chi connectivity index (χ0n) is 17.9. The number of aromatic nitrogens is 3. The lowest BCUT2D eigenvalue weighted by atomic mass is 9.52. The number of methoxy groups -OCH3 is 1. The average Bonchev–Trinajstić information content (AvgIpc) is 3.34. The Labute approximate surface area is 178 Å². The van der Waals surface area contributed by atoms with Gasteiger partial charge in [0.25, 0.3) is 0 Å². The van der Waals surface area contributed by atoms with Crippen LogP contribution in [0.3, 0.4) is 0 Å². The predicted molar refractivity (Wildman–Crippen MR) is 120 cm³/mol. The number of hydrogen-bond acceptors (Lipinski definition) is 4. The summed E-state index contributed by atoms with van der Waals surface area (Å²) in [5.41, 5.74) is 5.67. The molecule has 1 aromatic carbocycles. The first kappa shape index (κ1) is 19.2. The first-order valence-electron chi connectivity index (χ1n) is 11.0. The minimum atomic E-state index is 0.353.